The number of hydrogen-bond donors (Lipinski definition) is 3. The van der Waals surface area contributed by atoms with Crippen LogP contribution in [0, 0.1) is 12.8 Å². The van der Waals surface area contributed by atoms with Crippen LogP contribution in [0.5, 0.6) is 0 Å². The van der Waals surface area contributed by atoms with Gasteiger partial charge in [0.1, 0.15) is 0 Å². The minimum Gasteiger partial charge on any atom is -0.369 e. The molecule has 2 saturated heterocycles. The van der Waals surface area contributed by atoms with Gasteiger partial charge in [0.05, 0.1) is 15.7 Å². The zero-order chi connectivity index (χ0) is 16.4. The minimum atomic E-state index is -0.353. The molecule has 1 aromatic heterocycles. The molecule has 0 radical (unpaired) electrons. The van der Waals surface area contributed by atoms with Crippen LogP contribution in [0.1, 0.15) is 37.8 Å². The first-order valence-corrected chi connectivity index (χ1v) is 9.74. The summed E-state index contributed by atoms with van der Waals surface area (Å²) in [5.74, 6) is 0.387. The van der Waals surface area contributed by atoms with Crippen molar-refractivity contribution in [1.29, 1.82) is 0 Å². The highest BCUT2D eigenvalue weighted by Crippen LogP contribution is 2.34. The van der Waals surface area contributed by atoms with E-state index in [1.807, 2.05) is 6.92 Å². The van der Waals surface area contributed by atoms with Crippen LogP contribution >= 0.6 is 35.5 Å². The molecule has 2 fully saturated rings. The van der Waals surface area contributed by atoms with E-state index in [-0.39, 0.29) is 30.0 Å². The summed E-state index contributed by atoms with van der Waals surface area (Å²) in [5, 5.41) is 7.11. The molecule has 6 nitrogen and oxygen atoms in total. The topological polar surface area (TPSA) is 97.1 Å². The minimum absolute atomic E-state index is 0. The van der Waals surface area contributed by atoms with Crippen LogP contribution in [0.3, 0.4) is 0 Å². The Bertz CT molecular complexity index is 598. The fourth-order valence-corrected chi connectivity index (χ4v) is 5.37. The Hall–Kier alpha value is -0.830. The summed E-state index contributed by atoms with van der Waals surface area (Å²) in [4.78, 5) is 27.5. The van der Waals surface area contributed by atoms with Crippen molar-refractivity contribution in [3.05, 3.63) is 5.69 Å². The number of nitrogens with zero attached hydrogens (tertiary/aromatic N) is 1. The van der Waals surface area contributed by atoms with Crippen LogP contribution in [0.4, 0.5) is 5.13 Å². The van der Waals surface area contributed by atoms with E-state index in [4.69, 9.17) is 5.73 Å². The molecule has 24 heavy (non-hydrogen) atoms. The zero-order valence-electron chi connectivity index (χ0n) is 13.5. The highest BCUT2D eigenvalue weighted by Gasteiger charge is 2.34. The van der Waals surface area contributed by atoms with Gasteiger partial charge >= 0.3 is 0 Å². The van der Waals surface area contributed by atoms with Crippen molar-refractivity contribution in [2.24, 2.45) is 11.7 Å². The number of thioether (sulfide) groups is 1. The number of primary amides is 1. The summed E-state index contributed by atoms with van der Waals surface area (Å²) in [6.45, 7) is 1.87. The number of carbonyl (C=O) groups excluding carboxylic acids is 2. The van der Waals surface area contributed by atoms with E-state index in [1.165, 1.54) is 35.9 Å². The maximum absolute atomic E-state index is 12.3. The average molecular weight is 391 g/mol. The lowest BCUT2D eigenvalue weighted by Gasteiger charge is -2.28. The first kappa shape index (κ1) is 19.5. The van der Waals surface area contributed by atoms with Gasteiger partial charge in [-0.05, 0) is 38.5 Å². The van der Waals surface area contributed by atoms with Gasteiger partial charge in [0.25, 0.3) is 0 Å². The Morgan fingerprint density at radius 2 is 2.04 bits per heavy atom. The number of aryl methyl sites for hydroxylation is 1. The third-order valence-corrected chi connectivity index (χ3v) is 6.85. The number of rotatable bonds is 6. The fourth-order valence-electron chi connectivity index (χ4n) is 3.48. The molecule has 0 saturated carbocycles. The summed E-state index contributed by atoms with van der Waals surface area (Å²) >= 11 is 2.77. The standard InChI is InChI=1S/C15H22N4O2S2.ClH/c1-8-14(22-7-12(16)20)23-15(17-8)19-13(21)6-9-4-10-2-3-11(5-9)18-10;/h9-11,18H,2-7H2,1H3,(H2,16,20)(H,17,19,21);1H. The van der Waals surface area contributed by atoms with Gasteiger partial charge in [-0.3, -0.25) is 9.59 Å². The summed E-state index contributed by atoms with van der Waals surface area (Å²) < 4.78 is 0.930. The Morgan fingerprint density at radius 1 is 1.38 bits per heavy atom. The lowest BCUT2D eigenvalue weighted by Crippen LogP contribution is -2.39. The van der Waals surface area contributed by atoms with Crippen molar-refractivity contribution < 1.29 is 9.59 Å². The van der Waals surface area contributed by atoms with Gasteiger partial charge in [-0.15, -0.1) is 24.2 Å². The number of nitrogens with one attached hydrogen (secondary N) is 2. The number of anilines is 1. The number of halogens is 1. The highest BCUT2D eigenvalue weighted by molar-refractivity contribution is 8.01. The zero-order valence-corrected chi connectivity index (χ0v) is 16.0. The Balaban J connectivity index is 0.00000208. The van der Waals surface area contributed by atoms with E-state index >= 15 is 0 Å². The summed E-state index contributed by atoms with van der Waals surface area (Å²) in [7, 11) is 0. The van der Waals surface area contributed by atoms with Crippen molar-refractivity contribution in [2.45, 2.75) is 55.3 Å². The van der Waals surface area contributed by atoms with Gasteiger partial charge < -0.3 is 16.4 Å². The molecule has 2 amide bonds. The second-order valence-corrected chi connectivity index (χ2v) is 8.62. The number of amides is 2. The Labute approximate surface area is 156 Å². The number of hydrogen-bond acceptors (Lipinski definition) is 6. The summed E-state index contributed by atoms with van der Waals surface area (Å²) in [6, 6.07) is 1.20. The molecule has 0 spiro atoms. The molecule has 3 rings (SSSR count). The molecule has 0 aromatic carbocycles. The van der Waals surface area contributed by atoms with Crippen LogP contribution in [0.25, 0.3) is 0 Å². The van der Waals surface area contributed by atoms with Gasteiger partial charge in [-0.1, -0.05) is 11.3 Å². The molecule has 2 bridgehead atoms. The lowest BCUT2D eigenvalue weighted by atomic mass is 9.89. The van der Waals surface area contributed by atoms with Gasteiger partial charge in [0.2, 0.25) is 11.8 Å². The van der Waals surface area contributed by atoms with Gasteiger partial charge in [0, 0.05) is 18.5 Å². The molecular formula is C15H23ClN4O2S2. The van der Waals surface area contributed by atoms with Crippen molar-refractivity contribution in [3.8, 4) is 0 Å². The molecule has 2 unspecified atom stereocenters. The molecular weight excluding hydrogens is 368 g/mol. The predicted octanol–water partition coefficient (Wildman–Crippen LogP) is 2.31. The van der Waals surface area contributed by atoms with Crippen LogP contribution < -0.4 is 16.4 Å². The number of carbonyl (C=O) groups is 2. The molecule has 0 aliphatic carbocycles. The molecule has 2 aliphatic heterocycles. The molecule has 134 valence electrons. The van der Waals surface area contributed by atoms with Crippen LogP contribution in [-0.4, -0.2) is 34.6 Å². The molecule has 4 N–H and O–H groups in total. The number of fused-ring (bicyclic) bond motifs is 2. The molecule has 3 heterocycles. The van der Waals surface area contributed by atoms with E-state index in [0.29, 0.717) is 29.6 Å². The Morgan fingerprint density at radius 3 is 2.67 bits per heavy atom. The number of thiazole rings is 1. The number of aromatic nitrogens is 1. The summed E-state index contributed by atoms with van der Waals surface area (Å²) in [6.07, 6.45) is 5.25. The van der Waals surface area contributed by atoms with Gasteiger partial charge in [0.15, 0.2) is 5.13 Å². The average Bonchev–Trinajstić information content (AvgIpc) is 2.98. The van der Waals surface area contributed by atoms with Gasteiger partial charge in [-0.2, -0.15) is 0 Å². The van der Waals surface area contributed by atoms with E-state index in [9.17, 15) is 9.59 Å². The van der Waals surface area contributed by atoms with E-state index in [0.717, 1.165) is 22.7 Å². The van der Waals surface area contributed by atoms with Crippen molar-refractivity contribution in [2.75, 3.05) is 11.1 Å². The molecule has 9 heteroatoms. The molecule has 2 aliphatic rings. The maximum atomic E-state index is 12.3. The third-order valence-electron chi connectivity index (χ3n) is 4.39. The van der Waals surface area contributed by atoms with Crippen molar-refractivity contribution in [1.82, 2.24) is 10.3 Å². The number of nitrogens with two attached hydrogens (primary N) is 1. The first-order chi connectivity index (χ1) is 11.0. The molecule has 1 aromatic rings. The SMILES string of the molecule is Cc1nc(NC(=O)CC2CC3CCC(C2)N3)sc1SCC(N)=O.Cl. The normalized spacial score (nSPS) is 25.1. The quantitative estimate of drug-likeness (QED) is 0.647. The predicted molar refractivity (Wildman–Crippen MR) is 99.9 cm³/mol. The lowest BCUT2D eigenvalue weighted by molar-refractivity contribution is -0.117. The van der Waals surface area contributed by atoms with E-state index in [2.05, 4.69) is 15.6 Å². The van der Waals surface area contributed by atoms with Crippen LogP contribution in [0.15, 0.2) is 4.21 Å². The number of piperidine rings is 1. The van der Waals surface area contributed by atoms with Gasteiger partial charge in [-0.25, -0.2) is 4.98 Å². The van der Waals surface area contributed by atoms with E-state index in [1.54, 1.807) is 0 Å². The monoisotopic (exact) mass is 390 g/mol. The maximum Gasteiger partial charge on any atom is 0.227 e. The largest absolute Gasteiger partial charge is 0.369 e. The van der Waals surface area contributed by atoms with Crippen LogP contribution in [0.2, 0.25) is 0 Å². The first-order valence-electron chi connectivity index (χ1n) is 7.94. The Kier molecular flexibility index (Phi) is 6.91. The smallest absolute Gasteiger partial charge is 0.227 e. The third kappa shape index (κ3) is 5.08. The van der Waals surface area contributed by atoms with Crippen molar-refractivity contribution >= 4 is 52.5 Å². The van der Waals surface area contributed by atoms with Crippen molar-refractivity contribution in [3.63, 3.8) is 0 Å². The highest BCUT2D eigenvalue weighted by atomic mass is 35.5. The summed E-state index contributed by atoms with van der Waals surface area (Å²) in [5.41, 5.74) is 5.99. The molecule has 2 atom stereocenters. The second kappa shape index (κ2) is 8.51. The van der Waals surface area contributed by atoms with Crippen LogP contribution in [-0.2, 0) is 9.59 Å². The second-order valence-electron chi connectivity index (χ2n) is 6.37. The fraction of sp³-hybridized carbons (Fsp3) is 0.667. The van der Waals surface area contributed by atoms with E-state index < -0.39 is 0 Å².